The third-order valence-electron chi connectivity index (χ3n) is 3.06. The van der Waals surface area contributed by atoms with Gasteiger partial charge in [0, 0.05) is 16.8 Å². The van der Waals surface area contributed by atoms with E-state index in [0.717, 1.165) is 29.3 Å². The maximum absolute atomic E-state index is 11.7. The van der Waals surface area contributed by atoms with Crippen molar-refractivity contribution in [3.63, 3.8) is 0 Å². The average molecular weight is 265 g/mol. The average Bonchev–Trinajstić information content (AvgIpc) is 2.72. The van der Waals surface area contributed by atoms with Crippen LogP contribution in [0.3, 0.4) is 0 Å². The fourth-order valence-corrected chi connectivity index (χ4v) is 2.94. The Hall–Kier alpha value is -1.23. The van der Waals surface area contributed by atoms with Gasteiger partial charge in [0.25, 0.3) is 0 Å². The van der Waals surface area contributed by atoms with Crippen LogP contribution >= 0.6 is 11.3 Å². The van der Waals surface area contributed by atoms with Crippen molar-refractivity contribution in [3.05, 3.63) is 16.1 Å². The van der Waals surface area contributed by atoms with Crippen molar-refractivity contribution < 1.29 is 4.79 Å². The smallest absolute Gasteiger partial charge is 0.246 e. The van der Waals surface area contributed by atoms with E-state index < -0.39 is 0 Å². The summed E-state index contributed by atoms with van der Waals surface area (Å²) in [6, 6.07) is 0. The van der Waals surface area contributed by atoms with Gasteiger partial charge < -0.3 is 0 Å². The standard InChI is InChI=1S/C13H19N3OS/c1-9-4-3-5-11(6-9)15-16-12(17)7-13-14-10(2)8-18-13/h8-9H,3-7H2,1-2H3,(H,16,17)/b15-11+/t9-/m0/s1. The lowest BCUT2D eigenvalue weighted by Crippen LogP contribution is -2.23. The Kier molecular flexibility index (Phi) is 4.47. The number of rotatable bonds is 3. The molecule has 1 aromatic rings. The number of carbonyl (C=O) groups excluding carboxylic acids is 1. The van der Waals surface area contributed by atoms with Crippen molar-refractivity contribution in [3.8, 4) is 0 Å². The van der Waals surface area contributed by atoms with Crippen LogP contribution in [0.2, 0.25) is 0 Å². The second-order valence-electron chi connectivity index (χ2n) is 4.97. The van der Waals surface area contributed by atoms with Gasteiger partial charge in [-0.05, 0) is 38.5 Å². The Balaban J connectivity index is 1.82. The van der Waals surface area contributed by atoms with E-state index in [4.69, 9.17) is 0 Å². The second kappa shape index (κ2) is 6.09. The van der Waals surface area contributed by atoms with Gasteiger partial charge in [0.05, 0.1) is 6.42 Å². The van der Waals surface area contributed by atoms with Gasteiger partial charge in [0.15, 0.2) is 0 Å². The lowest BCUT2D eigenvalue weighted by molar-refractivity contribution is -0.120. The van der Waals surface area contributed by atoms with E-state index in [9.17, 15) is 4.79 Å². The maximum atomic E-state index is 11.7. The highest BCUT2D eigenvalue weighted by Gasteiger charge is 2.14. The zero-order chi connectivity index (χ0) is 13.0. The minimum Gasteiger partial charge on any atom is -0.273 e. The molecular formula is C13H19N3OS. The molecule has 0 radical (unpaired) electrons. The summed E-state index contributed by atoms with van der Waals surface area (Å²) >= 11 is 1.52. The summed E-state index contributed by atoms with van der Waals surface area (Å²) in [7, 11) is 0. The summed E-state index contributed by atoms with van der Waals surface area (Å²) in [5.74, 6) is 0.617. The number of thiazole rings is 1. The largest absolute Gasteiger partial charge is 0.273 e. The SMILES string of the molecule is Cc1csc(CC(=O)N/N=C2\CCC[C@H](C)C2)n1. The number of nitrogens with one attached hydrogen (secondary N) is 1. The topological polar surface area (TPSA) is 54.4 Å². The normalized spacial score (nSPS) is 22.1. The van der Waals surface area contributed by atoms with E-state index in [2.05, 4.69) is 22.4 Å². The van der Waals surface area contributed by atoms with Crippen molar-refractivity contribution in [2.75, 3.05) is 0 Å². The predicted octanol–water partition coefficient (Wildman–Crippen LogP) is 2.68. The van der Waals surface area contributed by atoms with Gasteiger partial charge in [-0.1, -0.05) is 6.92 Å². The Morgan fingerprint density at radius 2 is 2.50 bits per heavy atom. The summed E-state index contributed by atoms with van der Waals surface area (Å²) in [6.45, 7) is 4.16. The van der Waals surface area contributed by atoms with Crippen LogP contribution in [0.5, 0.6) is 0 Å². The molecule has 2 rings (SSSR count). The zero-order valence-electron chi connectivity index (χ0n) is 10.9. The highest BCUT2D eigenvalue weighted by atomic mass is 32.1. The van der Waals surface area contributed by atoms with Crippen molar-refractivity contribution in [1.29, 1.82) is 0 Å². The van der Waals surface area contributed by atoms with E-state index in [-0.39, 0.29) is 5.91 Å². The summed E-state index contributed by atoms with van der Waals surface area (Å²) in [5.41, 5.74) is 4.74. The third-order valence-corrected chi connectivity index (χ3v) is 4.03. The van der Waals surface area contributed by atoms with Crippen molar-refractivity contribution >= 4 is 23.0 Å². The molecule has 0 saturated heterocycles. The van der Waals surface area contributed by atoms with Crippen LogP contribution in [0.4, 0.5) is 0 Å². The van der Waals surface area contributed by atoms with Gasteiger partial charge >= 0.3 is 0 Å². The number of hydrogen-bond donors (Lipinski definition) is 1. The van der Waals surface area contributed by atoms with Gasteiger partial charge in [-0.25, -0.2) is 10.4 Å². The van der Waals surface area contributed by atoms with Gasteiger partial charge in [0.2, 0.25) is 5.91 Å². The monoisotopic (exact) mass is 265 g/mol. The molecule has 1 aliphatic rings. The summed E-state index contributed by atoms with van der Waals surface area (Å²) in [5, 5.41) is 7.04. The summed E-state index contributed by atoms with van der Waals surface area (Å²) in [4.78, 5) is 16.0. The lowest BCUT2D eigenvalue weighted by atomic mass is 9.89. The van der Waals surface area contributed by atoms with Gasteiger partial charge in [-0.15, -0.1) is 11.3 Å². The first-order chi connectivity index (χ1) is 8.63. The second-order valence-corrected chi connectivity index (χ2v) is 5.92. The minimum absolute atomic E-state index is 0.0740. The lowest BCUT2D eigenvalue weighted by Gasteiger charge is -2.18. The molecule has 0 spiro atoms. The highest BCUT2D eigenvalue weighted by molar-refractivity contribution is 7.09. The first-order valence-electron chi connectivity index (χ1n) is 6.39. The molecule has 0 unspecified atom stereocenters. The first-order valence-corrected chi connectivity index (χ1v) is 7.26. The van der Waals surface area contributed by atoms with Crippen LogP contribution in [0, 0.1) is 12.8 Å². The number of hydrazone groups is 1. The van der Waals surface area contributed by atoms with E-state index in [1.165, 1.54) is 24.2 Å². The van der Waals surface area contributed by atoms with Crippen molar-refractivity contribution in [2.45, 2.75) is 46.0 Å². The molecule has 1 N–H and O–H groups in total. The maximum Gasteiger partial charge on any atom is 0.246 e. The molecular weight excluding hydrogens is 246 g/mol. The van der Waals surface area contributed by atoms with Crippen LogP contribution in [-0.2, 0) is 11.2 Å². The van der Waals surface area contributed by atoms with Crippen LogP contribution in [0.25, 0.3) is 0 Å². The number of aromatic nitrogens is 1. The quantitative estimate of drug-likeness (QED) is 0.854. The molecule has 1 heterocycles. The Morgan fingerprint density at radius 1 is 1.67 bits per heavy atom. The van der Waals surface area contributed by atoms with Crippen LogP contribution in [-0.4, -0.2) is 16.6 Å². The molecule has 1 atom stereocenters. The van der Waals surface area contributed by atoms with E-state index >= 15 is 0 Å². The van der Waals surface area contributed by atoms with E-state index in [1.807, 2.05) is 12.3 Å². The minimum atomic E-state index is -0.0740. The molecule has 1 amide bonds. The third kappa shape index (κ3) is 3.91. The van der Waals surface area contributed by atoms with Gasteiger partial charge in [0.1, 0.15) is 5.01 Å². The molecule has 0 aromatic carbocycles. The molecule has 4 nitrogen and oxygen atoms in total. The Bertz CT molecular complexity index is 453. The molecule has 1 saturated carbocycles. The molecule has 0 aliphatic heterocycles. The Morgan fingerprint density at radius 3 is 3.17 bits per heavy atom. The molecule has 18 heavy (non-hydrogen) atoms. The summed E-state index contributed by atoms with van der Waals surface area (Å²) in [6.07, 6.45) is 4.80. The van der Waals surface area contributed by atoms with Crippen LogP contribution in [0.1, 0.15) is 43.3 Å². The molecule has 98 valence electrons. The number of carbonyl (C=O) groups is 1. The predicted molar refractivity (Wildman–Crippen MR) is 73.8 cm³/mol. The summed E-state index contributed by atoms with van der Waals surface area (Å²) < 4.78 is 0. The van der Waals surface area contributed by atoms with Crippen molar-refractivity contribution in [1.82, 2.24) is 10.4 Å². The number of amides is 1. The molecule has 1 fully saturated rings. The number of aryl methyl sites for hydroxylation is 1. The van der Waals surface area contributed by atoms with Crippen LogP contribution in [0.15, 0.2) is 10.5 Å². The van der Waals surface area contributed by atoms with E-state index in [0.29, 0.717) is 12.3 Å². The molecule has 1 aromatic heterocycles. The molecule has 0 bridgehead atoms. The highest BCUT2D eigenvalue weighted by Crippen LogP contribution is 2.20. The van der Waals surface area contributed by atoms with Crippen molar-refractivity contribution in [2.24, 2.45) is 11.0 Å². The van der Waals surface area contributed by atoms with Gasteiger partial charge in [-0.2, -0.15) is 5.10 Å². The number of hydrogen-bond acceptors (Lipinski definition) is 4. The van der Waals surface area contributed by atoms with Crippen LogP contribution < -0.4 is 5.43 Å². The number of nitrogens with zero attached hydrogens (tertiary/aromatic N) is 2. The Labute approximate surface area is 112 Å². The van der Waals surface area contributed by atoms with Gasteiger partial charge in [-0.3, -0.25) is 4.79 Å². The molecule has 1 aliphatic carbocycles. The fourth-order valence-electron chi connectivity index (χ4n) is 2.16. The zero-order valence-corrected chi connectivity index (χ0v) is 11.7. The molecule has 5 heteroatoms. The first kappa shape index (κ1) is 13.2. The fraction of sp³-hybridized carbons (Fsp3) is 0.615. The van der Waals surface area contributed by atoms with E-state index in [1.54, 1.807) is 0 Å².